The maximum atomic E-state index is 10.0. The average Bonchev–Trinajstić information content (AvgIpc) is 3.66. The molecule has 2 atom stereocenters. The quantitative estimate of drug-likeness (QED) is 0.439. The molecule has 4 aromatic heterocycles. The van der Waals surface area contributed by atoms with Gasteiger partial charge in [-0.25, -0.2) is 9.67 Å². The molecule has 38 heavy (non-hydrogen) atoms. The van der Waals surface area contributed by atoms with Gasteiger partial charge in [0.1, 0.15) is 12.4 Å². The number of aryl methyl sites for hydroxylation is 2. The van der Waals surface area contributed by atoms with Gasteiger partial charge in [0.15, 0.2) is 0 Å². The third-order valence-corrected chi connectivity index (χ3v) is 7.51. The van der Waals surface area contributed by atoms with Crippen molar-refractivity contribution in [2.45, 2.75) is 52.2 Å². The Bertz CT molecular complexity index is 1500. The molecule has 200 valence electrons. The normalized spacial score (nSPS) is 19.3. The van der Waals surface area contributed by atoms with E-state index in [0.717, 1.165) is 58.9 Å². The largest absolute Gasteiger partial charge is 0.476 e. The fraction of sp³-hybridized carbons (Fsp3) is 0.481. The van der Waals surface area contributed by atoms with E-state index < -0.39 is 0 Å². The summed E-state index contributed by atoms with van der Waals surface area (Å²) in [7, 11) is 1.91. The highest BCUT2D eigenvalue weighted by atomic mass is 16.5. The lowest BCUT2D eigenvalue weighted by Gasteiger charge is -2.26. The molecule has 1 fully saturated rings. The van der Waals surface area contributed by atoms with E-state index in [1.807, 2.05) is 67.6 Å². The van der Waals surface area contributed by atoms with E-state index >= 15 is 0 Å². The van der Waals surface area contributed by atoms with E-state index in [-0.39, 0.29) is 18.7 Å². The third-order valence-electron chi connectivity index (χ3n) is 7.51. The molecule has 11 nitrogen and oxygen atoms in total. The zero-order valence-corrected chi connectivity index (χ0v) is 22.3. The van der Waals surface area contributed by atoms with Crippen LogP contribution >= 0.6 is 0 Å². The lowest BCUT2D eigenvalue weighted by atomic mass is 10.1. The van der Waals surface area contributed by atoms with Crippen molar-refractivity contribution in [2.75, 3.05) is 26.4 Å². The molecule has 1 N–H and O–H groups in total. The molecule has 0 aliphatic carbocycles. The molecule has 2 bridgehead atoms. The summed E-state index contributed by atoms with van der Waals surface area (Å²) in [6, 6.07) is 0.0424. The molecule has 6 rings (SSSR count). The fourth-order valence-electron chi connectivity index (χ4n) is 5.55. The number of hydrogen-bond acceptors (Lipinski definition) is 8. The summed E-state index contributed by atoms with van der Waals surface area (Å²) >= 11 is 0. The summed E-state index contributed by atoms with van der Waals surface area (Å²) in [5, 5.41) is 19.5. The smallest absolute Gasteiger partial charge is 0.240 e. The molecular weight excluding hydrogens is 484 g/mol. The van der Waals surface area contributed by atoms with Crippen LogP contribution in [0.5, 0.6) is 11.8 Å². The first-order valence-corrected chi connectivity index (χ1v) is 13.3. The lowest BCUT2D eigenvalue weighted by molar-refractivity contribution is 0.154. The van der Waals surface area contributed by atoms with Crippen molar-refractivity contribution in [1.82, 2.24) is 38.8 Å². The average molecular weight is 519 g/mol. The van der Waals surface area contributed by atoms with Crippen LogP contribution in [0.4, 0.5) is 0 Å². The van der Waals surface area contributed by atoms with Crippen LogP contribution in [0.15, 0.2) is 18.6 Å². The molecule has 1 saturated heterocycles. The van der Waals surface area contributed by atoms with Crippen LogP contribution < -0.4 is 9.47 Å². The molecule has 0 saturated carbocycles. The van der Waals surface area contributed by atoms with E-state index in [1.165, 1.54) is 0 Å². The molecule has 2 aliphatic rings. The van der Waals surface area contributed by atoms with Crippen LogP contribution in [-0.4, -0.2) is 76.3 Å². The molecule has 6 heterocycles. The molecule has 4 aromatic rings. The van der Waals surface area contributed by atoms with Gasteiger partial charge >= 0.3 is 0 Å². The van der Waals surface area contributed by atoms with Gasteiger partial charge in [0.25, 0.3) is 0 Å². The summed E-state index contributed by atoms with van der Waals surface area (Å²) in [5.74, 6) is 2.04. The maximum absolute atomic E-state index is 10.0. The first-order chi connectivity index (χ1) is 18.5. The van der Waals surface area contributed by atoms with Crippen LogP contribution in [0.3, 0.4) is 0 Å². The van der Waals surface area contributed by atoms with E-state index in [1.54, 1.807) is 4.68 Å². The second-order valence-electron chi connectivity index (χ2n) is 10.1. The Labute approximate surface area is 221 Å². The van der Waals surface area contributed by atoms with Crippen LogP contribution in [0.25, 0.3) is 28.9 Å². The predicted octanol–water partition coefficient (Wildman–Crippen LogP) is 3.11. The number of aliphatic hydroxyl groups is 1. The lowest BCUT2D eigenvalue weighted by Crippen LogP contribution is -2.35. The minimum Gasteiger partial charge on any atom is -0.476 e. The molecular formula is C27H34N8O3. The standard InChI is InChI=1S/C27H34N8O3/c1-5-37-26-21-8-9-24-29-12-20-11-28-22(13-34(20)24)25-18(3)30-32(4)27(25)38-16-19-7-6-10-33(19)14-23(21)35(31-26)17(2)15-36/h8-9,11-13,17,19,36H,5-7,10,14-16H2,1-4H3/b9-8+. The number of rotatable bonds is 4. The van der Waals surface area contributed by atoms with Crippen LogP contribution in [0.1, 0.15) is 55.5 Å². The fourth-order valence-corrected chi connectivity index (χ4v) is 5.55. The number of aromatic nitrogens is 7. The van der Waals surface area contributed by atoms with Gasteiger partial charge in [-0.2, -0.15) is 5.10 Å². The molecule has 0 radical (unpaired) electrons. The van der Waals surface area contributed by atoms with E-state index in [4.69, 9.17) is 19.6 Å². The Morgan fingerprint density at radius 3 is 2.87 bits per heavy atom. The molecule has 0 spiro atoms. The Balaban J connectivity index is 1.55. The van der Waals surface area contributed by atoms with Crippen molar-refractivity contribution in [3.8, 4) is 23.0 Å². The second kappa shape index (κ2) is 9.88. The minimum absolute atomic E-state index is 0.0147. The van der Waals surface area contributed by atoms with Crippen molar-refractivity contribution in [3.63, 3.8) is 0 Å². The summed E-state index contributed by atoms with van der Waals surface area (Å²) in [6.07, 6.45) is 11.8. The van der Waals surface area contributed by atoms with Gasteiger partial charge in [-0.15, -0.1) is 5.10 Å². The molecule has 11 heteroatoms. The Hall–Kier alpha value is -3.70. The van der Waals surface area contributed by atoms with Crippen LogP contribution in [0.2, 0.25) is 0 Å². The van der Waals surface area contributed by atoms with E-state index in [9.17, 15) is 5.11 Å². The maximum Gasteiger partial charge on any atom is 0.240 e. The van der Waals surface area contributed by atoms with Gasteiger partial charge in [0.2, 0.25) is 11.8 Å². The first-order valence-electron chi connectivity index (χ1n) is 13.3. The first kappa shape index (κ1) is 24.6. The highest BCUT2D eigenvalue weighted by molar-refractivity contribution is 5.73. The van der Waals surface area contributed by atoms with Crippen molar-refractivity contribution in [3.05, 3.63) is 41.4 Å². The number of ether oxygens (including phenoxy) is 2. The van der Waals surface area contributed by atoms with Crippen LogP contribution in [-0.2, 0) is 13.6 Å². The molecule has 2 unspecified atom stereocenters. The summed E-state index contributed by atoms with van der Waals surface area (Å²) in [5.41, 5.74) is 5.34. The highest BCUT2D eigenvalue weighted by Gasteiger charge is 2.30. The van der Waals surface area contributed by atoms with Crippen LogP contribution in [0, 0.1) is 6.92 Å². The van der Waals surface area contributed by atoms with Gasteiger partial charge in [-0.1, -0.05) is 0 Å². The van der Waals surface area contributed by atoms with Crippen molar-refractivity contribution >= 4 is 17.7 Å². The van der Waals surface area contributed by atoms with Gasteiger partial charge in [0.05, 0.1) is 65.4 Å². The number of fused-ring (bicyclic) bond motifs is 5. The van der Waals surface area contributed by atoms with Crippen molar-refractivity contribution < 1.29 is 14.6 Å². The Kier molecular flexibility index (Phi) is 6.40. The topological polar surface area (TPSA) is 108 Å². The summed E-state index contributed by atoms with van der Waals surface area (Å²) < 4.78 is 18.2. The van der Waals surface area contributed by atoms with Gasteiger partial charge in [0, 0.05) is 25.8 Å². The number of hydrogen-bond donors (Lipinski definition) is 1. The second-order valence-corrected chi connectivity index (χ2v) is 10.1. The zero-order valence-electron chi connectivity index (χ0n) is 22.3. The number of nitrogens with zero attached hydrogens (tertiary/aromatic N) is 8. The van der Waals surface area contributed by atoms with E-state index in [2.05, 4.69) is 15.0 Å². The minimum atomic E-state index is -0.188. The Morgan fingerprint density at radius 1 is 1.21 bits per heavy atom. The molecule has 0 amide bonds. The predicted molar refractivity (Wildman–Crippen MR) is 143 cm³/mol. The van der Waals surface area contributed by atoms with Crippen molar-refractivity contribution in [2.24, 2.45) is 7.05 Å². The SMILES string of the molecule is CCOc1nn(C(C)CO)c2c1/C=C/c1ncc3cnc(cn13)-c1c(C)nn(C)c1OCC1CCCN1C2. The van der Waals surface area contributed by atoms with Crippen molar-refractivity contribution in [1.29, 1.82) is 0 Å². The monoisotopic (exact) mass is 518 g/mol. The zero-order chi connectivity index (χ0) is 26.4. The van der Waals surface area contributed by atoms with Gasteiger partial charge in [-0.3, -0.25) is 19.0 Å². The highest BCUT2D eigenvalue weighted by Crippen LogP contribution is 2.34. The van der Waals surface area contributed by atoms with E-state index in [0.29, 0.717) is 31.5 Å². The summed E-state index contributed by atoms with van der Waals surface area (Å²) in [4.78, 5) is 11.8. The molecule has 0 aromatic carbocycles. The number of imidazole rings is 1. The van der Waals surface area contributed by atoms with Gasteiger partial charge in [-0.05, 0) is 52.3 Å². The Morgan fingerprint density at radius 2 is 2.05 bits per heavy atom. The molecule has 2 aliphatic heterocycles. The van der Waals surface area contributed by atoms with Gasteiger partial charge < -0.3 is 14.6 Å². The third kappa shape index (κ3) is 4.15. The number of aliphatic hydroxyl groups excluding tert-OH is 1. The summed E-state index contributed by atoms with van der Waals surface area (Å²) in [6.45, 7) is 8.56.